The Balaban J connectivity index is 1.55. The molecule has 0 atom stereocenters. The lowest BCUT2D eigenvalue weighted by molar-refractivity contribution is -0.0806. The largest absolute Gasteiger partial charge is 0.358 e. The van der Waals surface area contributed by atoms with E-state index in [0.29, 0.717) is 19.4 Å². The lowest BCUT2D eigenvalue weighted by atomic mass is 10.0. The summed E-state index contributed by atoms with van der Waals surface area (Å²) in [6.45, 7) is 4.78. The second-order valence-corrected chi connectivity index (χ2v) is 11.7. The third-order valence-corrected chi connectivity index (χ3v) is 9.77. The van der Waals surface area contributed by atoms with Crippen LogP contribution in [0.25, 0.3) is 0 Å². The van der Waals surface area contributed by atoms with Gasteiger partial charge in [-0.1, -0.05) is 35.4 Å². The minimum Gasteiger partial charge on any atom is -0.358 e. The Bertz CT molecular complexity index is 1120. The zero-order valence-electron chi connectivity index (χ0n) is 17.1. The van der Waals surface area contributed by atoms with E-state index in [-0.39, 0.29) is 29.4 Å². The Morgan fingerprint density at radius 2 is 1.20 bits per heavy atom. The molecule has 9 heteroatoms. The molecule has 0 aromatic heterocycles. The highest BCUT2D eigenvalue weighted by atomic mass is 32.2. The molecule has 0 radical (unpaired) electrons. The summed E-state index contributed by atoms with van der Waals surface area (Å²) >= 11 is 0. The van der Waals surface area contributed by atoms with Crippen LogP contribution in [-0.4, -0.2) is 57.4 Å². The van der Waals surface area contributed by atoms with Crippen molar-refractivity contribution in [2.75, 3.05) is 26.2 Å². The molecule has 0 N–H and O–H groups in total. The molecule has 2 aliphatic heterocycles. The SMILES string of the molecule is Cc1ccc(S(=O)(=O)N2CCC3(CC2)OCCN3S(=O)(=O)c2ccc(C)cc2)cc1. The Kier molecular flexibility index (Phi) is 5.52. The minimum atomic E-state index is -3.73. The van der Waals surface area contributed by atoms with Crippen LogP contribution in [0, 0.1) is 13.8 Å². The summed E-state index contributed by atoms with van der Waals surface area (Å²) in [5, 5.41) is 0. The lowest BCUT2D eigenvalue weighted by Crippen LogP contribution is -2.55. The van der Waals surface area contributed by atoms with Crippen molar-refractivity contribution in [3.8, 4) is 0 Å². The van der Waals surface area contributed by atoms with Crippen LogP contribution >= 0.6 is 0 Å². The number of benzene rings is 2. The second kappa shape index (κ2) is 7.72. The maximum absolute atomic E-state index is 13.3. The Hall–Kier alpha value is -1.78. The molecule has 30 heavy (non-hydrogen) atoms. The quantitative estimate of drug-likeness (QED) is 0.715. The predicted molar refractivity (Wildman–Crippen MR) is 113 cm³/mol. The van der Waals surface area contributed by atoms with Crippen LogP contribution in [0.15, 0.2) is 58.3 Å². The fourth-order valence-electron chi connectivity index (χ4n) is 4.10. The maximum Gasteiger partial charge on any atom is 0.245 e. The van der Waals surface area contributed by atoms with E-state index in [2.05, 4.69) is 0 Å². The highest BCUT2D eigenvalue weighted by Crippen LogP contribution is 2.39. The average molecular weight is 451 g/mol. The van der Waals surface area contributed by atoms with Gasteiger partial charge >= 0.3 is 0 Å². The first-order chi connectivity index (χ1) is 14.1. The highest BCUT2D eigenvalue weighted by molar-refractivity contribution is 7.89. The van der Waals surface area contributed by atoms with Crippen molar-refractivity contribution in [3.63, 3.8) is 0 Å². The number of nitrogens with zero attached hydrogens (tertiary/aromatic N) is 2. The van der Waals surface area contributed by atoms with Crippen molar-refractivity contribution >= 4 is 20.0 Å². The third kappa shape index (κ3) is 3.69. The summed E-state index contributed by atoms with van der Waals surface area (Å²) in [7, 11) is -7.36. The van der Waals surface area contributed by atoms with Gasteiger partial charge in [0, 0.05) is 32.5 Å². The molecule has 4 rings (SSSR count). The highest BCUT2D eigenvalue weighted by Gasteiger charge is 2.51. The molecule has 7 nitrogen and oxygen atoms in total. The first kappa shape index (κ1) is 21.5. The van der Waals surface area contributed by atoms with Crippen LogP contribution < -0.4 is 0 Å². The van der Waals surface area contributed by atoms with Gasteiger partial charge in [0.25, 0.3) is 0 Å². The fraction of sp³-hybridized carbons (Fsp3) is 0.429. The normalized spacial score (nSPS) is 20.6. The van der Waals surface area contributed by atoms with Crippen molar-refractivity contribution in [1.82, 2.24) is 8.61 Å². The van der Waals surface area contributed by atoms with Gasteiger partial charge in [0.1, 0.15) is 5.72 Å². The Morgan fingerprint density at radius 3 is 1.70 bits per heavy atom. The molecule has 2 heterocycles. The molecule has 2 aliphatic rings. The molecular formula is C21H26N2O5S2. The van der Waals surface area contributed by atoms with Gasteiger partial charge in [-0.25, -0.2) is 16.8 Å². The van der Waals surface area contributed by atoms with Crippen molar-refractivity contribution in [3.05, 3.63) is 59.7 Å². The van der Waals surface area contributed by atoms with E-state index in [4.69, 9.17) is 4.74 Å². The summed E-state index contributed by atoms with van der Waals surface area (Å²) < 4.78 is 61.3. The van der Waals surface area contributed by atoms with E-state index < -0.39 is 25.8 Å². The van der Waals surface area contributed by atoms with Gasteiger partial charge in [0.15, 0.2) is 0 Å². The van der Waals surface area contributed by atoms with E-state index in [0.717, 1.165) is 11.1 Å². The molecule has 162 valence electrons. The summed E-state index contributed by atoms with van der Waals surface area (Å²) in [4.78, 5) is 0.480. The van der Waals surface area contributed by atoms with E-state index in [9.17, 15) is 16.8 Å². The van der Waals surface area contributed by atoms with Crippen LogP contribution in [0.5, 0.6) is 0 Å². The summed E-state index contributed by atoms with van der Waals surface area (Å²) in [5.74, 6) is 0. The predicted octanol–water partition coefficient (Wildman–Crippen LogP) is 2.51. The molecule has 2 aromatic rings. The topological polar surface area (TPSA) is 84.0 Å². The minimum absolute atomic E-state index is 0.204. The molecular weight excluding hydrogens is 424 g/mol. The first-order valence-electron chi connectivity index (χ1n) is 9.95. The van der Waals surface area contributed by atoms with Crippen molar-refractivity contribution in [1.29, 1.82) is 0 Å². The smallest absolute Gasteiger partial charge is 0.245 e. The summed E-state index contributed by atoms with van der Waals surface area (Å²) in [5.41, 5.74) is 0.974. The van der Waals surface area contributed by atoms with Gasteiger partial charge in [-0.2, -0.15) is 8.61 Å². The van der Waals surface area contributed by atoms with E-state index in [1.54, 1.807) is 48.5 Å². The number of hydrogen-bond donors (Lipinski definition) is 0. The zero-order chi connectivity index (χ0) is 21.6. The zero-order valence-corrected chi connectivity index (χ0v) is 18.7. The molecule has 0 bridgehead atoms. The fourth-order valence-corrected chi connectivity index (χ4v) is 7.26. The molecule has 0 amide bonds. The summed E-state index contributed by atoms with van der Waals surface area (Å²) in [6.07, 6.45) is 0.590. The van der Waals surface area contributed by atoms with Crippen LogP contribution in [0.2, 0.25) is 0 Å². The second-order valence-electron chi connectivity index (χ2n) is 7.90. The van der Waals surface area contributed by atoms with E-state index >= 15 is 0 Å². The van der Waals surface area contributed by atoms with Crippen LogP contribution in [-0.2, 0) is 24.8 Å². The third-order valence-electron chi connectivity index (χ3n) is 5.89. The number of piperidine rings is 1. The van der Waals surface area contributed by atoms with Gasteiger partial charge in [-0.3, -0.25) is 0 Å². The Labute approximate surface area is 178 Å². The molecule has 0 saturated carbocycles. The number of ether oxygens (including phenoxy) is 1. The molecule has 2 saturated heterocycles. The van der Waals surface area contributed by atoms with Crippen molar-refractivity contribution < 1.29 is 21.6 Å². The molecule has 0 aliphatic carbocycles. The van der Waals surface area contributed by atoms with Crippen molar-refractivity contribution in [2.24, 2.45) is 0 Å². The average Bonchev–Trinajstić information content (AvgIpc) is 3.13. The van der Waals surface area contributed by atoms with Crippen LogP contribution in [0.4, 0.5) is 0 Å². The standard InChI is InChI=1S/C21H26N2O5S2/c1-17-3-7-19(8-4-17)29(24,25)22-13-11-21(12-14-22)23(15-16-28-21)30(26,27)20-9-5-18(2)6-10-20/h3-10H,11-16H2,1-2H3. The number of rotatable bonds is 4. The Morgan fingerprint density at radius 1 is 0.733 bits per heavy atom. The van der Waals surface area contributed by atoms with Gasteiger partial charge < -0.3 is 4.74 Å². The number of sulfonamides is 2. The van der Waals surface area contributed by atoms with E-state index in [1.165, 1.54) is 8.61 Å². The van der Waals surface area contributed by atoms with Crippen LogP contribution in [0.3, 0.4) is 0 Å². The number of aryl methyl sites for hydroxylation is 2. The van der Waals surface area contributed by atoms with Crippen molar-refractivity contribution in [2.45, 2.75) is 42.2 Å². The van der Waals surface area contributed by atoms with Gasteiger partial charge in [0.2, 0.25) is 20.0 Å². The van der Waals surface area contributed by atoms with Crippen LogP contribution in [0.1, 0.15) is 24.0 Å². The first-order valence-corrected chi connectivity index (χ1v) is 12.8. The van der Waals surface area contributed by atoms with E-state index in [1.807, 2.05) is 13.8 Å². The lowest BCUT2D eigenvalue weighted by Gasteiger charge is -2.42. The molecule has 0 unspecified atom stereocenters. The maximum atomic E-state index is 13.3. The monoisotopic (exact) mass is 450 g/mol. The summed E-state index contributed by atoms with van der Waals surface area (Å²) in [6, 6.07) is 13.5. The van der Waals surface area contributed by atoms with Gasteiger partial charge in [-0.05, 0) is 38.1 Å². The molecule has 1 spiro atoms. The number of hydrogen-bond acceptors (Lipinski definition) is 5. The van der Waals surface area contributed by atoms with Gasteiger partial charge in [-0.15, -0.1) is 0 Å². The molecule has 2 fully saturated rings. The molecule has 2 aromatic carbocycles. The van der Waals surface area contributed by atoms with Gasteiger partial charge in [0.05, 0.1) is 16.4 Å².